The molecule has 1 nitrogen and oxygen atoms in total. The summed E-state index contributed by atoms with van der Waals surface area (Å²) in [7, 11) is 2.43. The van der Waals surface area contributed by atoms with Crippen LogP contribution in [0.3, 0.4) is 0 Å². The molecular formula is C20H43BrIN. The largest absolute Gasteiger partial charge is 1.00 e. The second-order valence-corrected chi connectivity index (χ2v) is 7.93. The fourth-order valence-electron chi connectivity index (χ4n) is 3.13. The molecule has 0 heterocycles. The first-order valence-corrected chi connectivity index (χ1v) is 11.2. The Hall–Kier alpha value is 1.17. The number of hydrogen-bond donors (Lipinski definition) is 0. The highest BCUT2D eigenvalue weighted by molar-refractivity contribution is 9.09. The van der Waals surface area contributed by atoms with Crippen molar-refractivity contribution in [3.8, 4) is 0 Å². The summed E-state index contributed by atoms with van der Waals surface area (Å²) in [5, 5.41) is 0. The third-order valence-electron chi connectivity index (χ3n) is 4.89. The Morgan fingerprint density at radius 3 is 1.17 bits per heavy atom. The van der Waals surface area contributed by atoms with Gasteiger partial charge in [-0.2, -0.15) is 0 Å². The van der Waals surface area contributed by atoms with Crippen molar-refractivity contribution in [1.82, 2.24) is 0 Å². The molecule has 3 heteroatoms. The van der Waals surface area contributed by atoms with Crippen molar-refractivity contribution in [2.75, 3.05) is 25.6 Å². The van der Waals surface area contributed by atoms with Crippen molar-refractivity contribution in [3.63, 3.8) is 0 Å². The van der Waals surface area contributed by atoms with Crippen LogP contribution in [0.4, 0.5) is 0 Å². The molecule has 0 aromatic heterocycles. The zero-order valence-corrected chi connectivity index (χ0v) is 20.0. The van der Waals surface area contributed by atoms with Gasteiger partial charge in [-0.25, -0.2) is 0 Å². The van der Waals surface area contributed by atoms with Crippen molar-refractivity contribution in [3.05, 3.63) is 0 Å². The highest BCUT2D eigenvalue weighted by atomic mass is 127. The summed E-state index contributed by atoms with van der Waals surface area (Å²) in [4.78, 5) is 0. The summed E-state index contributed by atoms with van der Waals surface area (Å²) in [6, 6.07) is 0. The van der Waals surface area contributed by atoms with Crippen LogP contribution in [0.15, 0.2) is 0 Å². The second kappa shape index (κ2) is 19.5. The van der Waals surface area contributed by atoms with E-state index in [1.54, 1.807) is 0 Å². The van der Waals surface area contributed by atoms with E-state index in [2.05, 4.69) is 36.8 Å². The Labute approximate surface area is 173 Å². The van der Waals surface area contributed by atoms with Crippen molar-refractivity contribution in [2.45, 2.75) is 104 Å². The predicted octanol–water partition coefficient (Wildman–Crippen LogP) is 4.29. The van der Waals surface area contributed by atoms with Crippen LogP contribution < -0.4 is 24.0 Å². The van der Waals surface area contributed by atoms with Gasteiger partial charge in [0.1, 0.15) is 5.45 Å². The number of hydrogen-bond acceptors (Lipinski definition) is 0. The average molecular weight is 504 g/mol. The maximum Gasteiger partial charge on any atom is 0.134 e. The van der Waals surface area contributed by atoms with E-state index in [0.29, 0.717) is 0 Å². The van der Waals surface area contributed by atoms with Crippen molar-refractivity contribution >= 4 is 15.9 Å². The minimum Gasteiger partial charge on any atom is -1.00 e. The molecule has 0 bridgehead atoms. The van der Waals surface area contributed by atoms with Crippen LogP contribution in [0.1, 0.15) is 104 Å². The standard InChI is InChI=1S/C20H43BrN.HI/c1-4-6-8-10-12-14-16-18-22(3,20-21)19-17-15-13-11-9-7-5-2;/h4-20H2,1-3H3;1H/q+1;/p-1. The third kappa shape index (κ3) is 17.8. The molecule has 0 spiro atoms. The number of rotatable bonds is 17. The zero-order valence-electron chi connectivity index (χ0n) is 16.2. The van der Waals surface area contributed by atoms with Gasteiger partial charge in [-0.15, -0.1) is 0 Å². The molecule has 0 saturated heterocycles. The molecule has 0 aromatic rings. The number of unbranched alkanes of at least 4 members (excludes halogenated alkanes) is 12. The second-order valence-electron chi connectivity index (χ2n) is 7.43. The summed E-state index contributed by atoms with van der Waals surface area (Å²) in [6.07, 6.45) is 19.9. The lowest BCUT2D eigenvalue weighted by atomic mass is 10.1. The fourth-order valence-corrected chi connectivity index (χ4v) is 3.63. The molecule has 0 rings (SSSR count). The first-order valence-electron chi connectivity index (χ1n) is 10.1. The predicted molar refractivity (Wildman–Crippen MR) is 106 cm³/mol. The van der Waals surface area contributed by atoms with E-state index in [4.69, 9.17) is 0 Å². The number of nitrogens with zero attached hydrogens (tertiary/aromatic N) is 1. The molecule has 0 N–H and O–H groups in total. The molecule has 0 aliphatic carbocycles. The van der Waals surface area contributed by atoms with E-state index in [-0.39, 0.29) is 24.0 Å². The van der Waals surface area contributed by atoms with Gasteiger partial charge in [-0.05, 0) is 41.6 Å². The van der Waals surface area contributed by atoms with Crippen LogP contribution in [0, 0.1) is 0 Å². The van der Waals surface area contributed by atoms with Crippen molar-refractivity contribution in [2.24, 2.45) is 0 Å². The third-order valence-corrected chi connectivity index (χ3v) is 6.10. The van der Waals surface area contributed by atoms with Crippen LogP contribution >= 0.6 is 15.9 Å². The summed E-state index contributed by atoms with van der Waals surface area (Å²) in [6.45, 7) is 7.30. The molecule has 23 heavy (non-hydrogen) atoms. The quantitative estimate of drug-likeness (QED) is 0.0912. The van der Waals surface area contributed by atoms with Crippen LogP contribution in [0.5, 0.6) is 0 Å². The molecule has 0 unspecified atom stereocenters. The van der Waals surface area contributed by atoms with Gasteiger partial charge in [-0.1, -0.05) is 78.1 Å². The summed E-state index contributed by atoms with van der Waals surface area (Å²) in [5.41, 5.74) is 1.12. The van der Waals surface area contributed by atoms with E-state index in [0.717, 1.165) is 5.45 Å². The Morgan fingerprint density at radius 2 is 0.870 bits per heavy atom. The van der Waals surface area contributed by atoms with Crippen LogP contribution in [-0.4, -0.2) is 30.1 Å². The lowest BCUT2D eigenvalue weighted by Gasteiger charge is -2.32. The summed E-state index contributed by atoms with van der Waals surface area (Å²) < 4.78 is 1.23. The van der Waals surface area contributed by atoms with Gasteiger partial charge in [0.2, 0.25) is 0 Å². The Morgan fingerprint density at radius 1 is 0.565 bits per heavy atom. The lowest BCUT2D eigenvalue weighted by Crippen LogP contribution is -3.00. The Balaban J connectivity index is 0. The SMILES string of the molecule is CCCCCCCCC[N+](C)(CBr)CCCCCCCCC.[I-]. The van der Waals surface area contributed by atoms with Crippen LogP contribution in [0.25, 0.3) is 0 Å². The van der Waals surface area contributed by atoms with Gasteiger partial charge < -0.3 is 28.5 Å². The smallest absolute Gasteiger partial charge is 0.134 e. The van der Waals surface area contributed by atoms with Gasteiger partial charge in [0.15, 0.2) is 0 Å². The number of halogens is 2. The summed E-state index contributed by atoms with van der Waals surface area (Å²) >= 11 is 3.75. The number of alkyl halides is 1. The number of quaternary nitrogens is 1. The molecule has 0 saturated carbocycles. The fraction of sp³-hybridized carbons (Fsp3) is 1.00. The van der Waals surface area contributed by atoms with Crippen molar-refractivity contribution in [1.29, 1.82) is 0 Å². The van der Waals surface area contributed by atoms with E-state index in [9.17, 15) is 0 Å². The van der Waals surface area contributed by atoms with E-state index in [1.807, 2.05) is 0 Å². The van der Waals surface area contributed by atoms with E-state index < -0.39 is 0 Å². The molecule has 0 atom stereocenters. The topological polar surface area (TPSA) is 0 Å². The minimum atomic E-state index is 0. The maximum absolute atomic E-state index is 3.75. The van der Waals surface area contributed by atoms with Crippen molar-refractivity contribution < 1.29 is 28.5 Å². The van der Waals surface area contributed by atoms with E-state index in [1.165, 1.54) is 107 Å². The van der Waals surface area contributed by atoms with E-state index >= 15 is 0 Å². The monoisotopic (exact) mass is 503 g/mol. The molecule has 0 fully saturated rings. The summed E-state index contributed by atoms with van der Waals surface area (Å²) in [5.74, 6) is 0. The minimum absolute atomic E-state index is 0. The molecule has 0 aliphatic rings. The first kappa shape index (κ1) is 26.4. The van der Waals surface area contributed by atoms with Gasteiger partial charge in [-0.3, -0.25) is 0 Å². The average Bonchev–Trinajstić information content (AvgIpc) is 2.53. The molecule has 0 aliphatic heterocycles. The maximum atomic E-state index is 3.75. The Bertz CT molecular complexity index is 206. The van der Waals surface area contributed by atoms with Gasteiger partial charge in [0.05, 0.1) is 20.1 Å². The molecule has 0 aromatic carbocycles. The highest BCUT2D eigenvalue weighted by Gasteiger charge is 2.18. The molecule has 0 amide bonds. The highest BCUT2D eigenvalue weighted by Crippen LogP contribution is 2.15. The van der Waals surface area contributed by atoms with Gasteiger partial charge >= 0.3 is 0 Å². The molecule has 0 radical (unpaired) electrons. The molecular weight excluding hydrogens is 461 g/mol. The zero-order chi connectivity index (χ0) is 16.5. The first-order chi connectivity index (χ1) is 10.7. The van der Waals surface area contributed by atoms with Gasteiger partial charge in [0, 0.05) is 0 Å². The normalized spacial score (nSPS) is 11.5. The van der Waals surface area contributed by atoms with Gasteiger partial charge in [0.25, 0.3) is 0 Å². The van der Waals surface area contributed by atoms with Crippen LogP contribution in [0.2, 0.25) is 0 Å². The lowest BCUT2D eigenvalue weighted by molar-refractivity contribution is -0.896. The van der Waals surface area contributed by atoms with Crippen LogP contribution in [-0.2, 0) is 0 Å². The molecule has 142 valence electrons. The Kier molecular flexibility index (Phi) is 22.4.